The van der Waals surface area contributed by atoms with Crippen LogP contribution >= 0.6 is 7.60 Å². The summed E-state index contributed by atoms with van der Waals surface area (Å²) in [5.41, 5.74) is 0.0366. The molecule has 0 unspecified atom stereocenters. The van der Waals surface area contributed by atoms with E-state index < -0.39 is 62.2 Å². The number of benzene rings is 1. The quantitative estimate of drug-likeness (QED) is 0.0457. The van der Waals surface area contributed by atoms with Gasteiger partial charge in [-0.15, -0.1) is 0 Å². The number of ether oxygens (including phenoxy) is 5. The van der Waals surface area contributed by atoms with Crippen LogP contribution in [0.4, 0.5) is 10.5 Å². The van der Waals surface area contributed by atoms with Gasteiger partial charge in [0.15, 0.2) is 12.2 Å². The molecule has 3 N–H and O–H groups in total. The molecule has 0 aromatic heterocycles. The van der Waals surface area contributed by atoms with E-state index in [1.807, 2.05) is 6.92 Å². The van der Waals surface area contributed by atoms with Gasteiger partial charge in [0.1, 0.15) is 17.6 Å². The van der Waals surface area contributed by atoms with Crippen molar-refractivity contribution < 1.29 is 61.6 Å². The van der Waals surface area contributed by atoms with Crippen LogP contribution in [0.2, 0.25) is 0 Å². The number of urea groups is 1. The summed E-state index contributed by atoms with van der Waals surface area (Å²) in [4.78, 5) is 48.6. The molecule has 0 bridgehead atoms. The van der Waals surface area contributed by atoms with Crippen LogP contribution in [0.5, 0.6) is 11.5 Å². The van der Waals surface area contributed by atoms with Gasteiger partial charge in [-0.3, -0.25) is 24.3 Å². The lowest BCUT2D eigenvalue weighted by Gasteiger charge is -2.44. The number of carbonyl (C=O) groups is 4. The summed E-state index contributed by atoms with van der Waals surface area (Å²) in [6.45, 7) is 8.90. The maximum atomic E-state index is 13.2. The molecule has 1 heterocycles. The van der Waals surface area contributed by atoms with Crippen LogP contribution in [0.15, 0.2) is 18.2 Å². The number of phenolic OH excluding ortho intramolecular Hbond substituents is 1. The number of rotatable bonds is 15. The first-order valence-corrected chi connectivity index (χ1v) is 16.6. The zero-order valence-corrected chi connectivity index (χ0v) is 27.8. The molecule has 2 rings (SSSR count). The molecule has 0 saturated carbocycles. The van der Waals surface area contributed by atoms with Crippen molar-refractivity contribution in [1.29, 1.82) is 0 Å². The number of amides is 2. The van der Waals surface area contributed by atoms with E-state index in [-0.39, 0.29) is 43.0 Å². The van der Waals surface area contributed by atoms with E-state index in [9.17, 15) is 28.8 Å². The lowest BCUT2D eigenvalue weighted by Crippen LogP contribution is -2.62. The Labute approximate surface area is 268 Å². The zero-order valence-electron chi connectivity index (χ0n) is 26.9. The number of anilines is 1. The number of phenols is 1. The highest BCUT2D eigenvalue weighted by molar-refractivity contribution is 7.53. The van der Waals surface area contributed by atoms with Gasteiger partial charge in [0.2, 0.25) is 12.4 Å². The Kier molecular flexibility index (Phi) is 15.8. The second-order valence-electron chi connectivity index (χ2n) is 10.0. The van der Waals surface area contributed by atoms with Gasteiger partial charge >= 0.3 is 31.5 Å². The fourth-order valence-electron chi connectivity index (χ4n) is 4.43. The Hall–Kier alpha value is -3.83. The monoisotopic (exact) mass is 670 g/mol. The molecule has 1 saturated heterocycles. The molecule has 46 heavy (non-hydrogen) atoms. The molecule has 1 aliphatic rings. The van der Waals surface area contributed by atoms with Crippen molar-refractivity contribution in [3.8, 4) is 23.5 Å². The normalized spacial score (nSPS) is 20.8. The topological polar surface area (TPSA) is 194 Å². The van der Waals surface area contributed by atoms with E-state index in [0.717, 1.165) is 33.6 Å². The average Bonchev–Trinajstić information content (AvgIpc) is 2.96. The van der Waals surface area contributed by atoms with Crippen molar-refractivity contribution in [1.82, 2.24) is 5.32 Å². The lowest BCUT2D eigenvalue weighted by molar-refractivity contribution is -0.283. The minimum Gasteiger partial charge on any atom is -0.506 e. The van der Waals surface area contributed by atoms with E-state index in [4.69, 9.17) is 32.7 Å². The Balaban J connectivity index is 2.39. The number of hydrogen-bond acceptors (Lipinski definition) is 13. The molecule has 16 heteroatoms. The smallest absolute Gasteiger partial charge is 0.330 e. The van der Waals surface area contributed by atoms with Crippen LogP contribution in [0.25, 0.3) is 0 Å². The van der Waals surface area contributed by atoms with Crippen molar-refractivity contribution in [3.63, 3.8) is 0 Å². The summed E-state index contributed by atoms with van der Waals surface area (Å²) in [5, 5.41) is 15.4. The predicted molar refractivity (Wildman–Crippen MR) is 164 cm³/mol. The molecular formula is C30H43N2O13P. The minimum atomic E-state index is -3.59. The van der Waals surface area contributed by atoms with Gasteiger partial charge in [0.25, 0.3) is 0 Å². The molecule has 0 aliphatic carbocycles. The largest absolute Gasteiger partial charge is 0.506 e. The standard InChI is InChI=1S/C30H43N2O13P/c1-7-10-11-12-16-31-30(37)32-23-14-13-22(18-24(23)36)44-29-28(43-21(6)35)27(42-20(5)34)26(41-19(4)33)25(45-29)15-17-46(38,39-8-2)40-9-3/h13-14,18,25-29,36H,7-11,15,17H2,1-6H3,(H2,31,32,37)/t25-,26-,27+,28+,29+/m1/s1. The molecule has 2 amide bonds. The summed E-state index contributed by atoms with van der Waals surface area (Å²) in [5.74, 6) is 0.108. The third kappa shape index (κ3) is 12.5. The molecule has 1 aromatic carbocycles. The number of carbonyl (C=O) groups excluding carboxylic acids is 4. The van der Waals surface area contributed by atoms with Crippen LogP contribution in [0.1, 0.15) is 67.2 Å². The Morgan fingerprint density at radius 2 is 1.54 bits per heavy atom. The van der Waals surface area contributed by atoms with Crippen LogP contribution in [0, 0.1) is 12.0 Å². The van der Waals surface area contributed by atoms with Gasteiger partial charge in [-0.05, 0) is 38.8 Å². The third-order valence-electron chi connectivity index (χ3n) is 6.23. The fourth-order valence-corrected chi connectivity index (χ4v) is 6.12. The first-order chi connectivity index (χ1) is 21.8. The summed E-state index contributed by atoms with van der Waals surface area (Å²) >= 11 is 0. The van der Waals surface area contributed by atoms with E-state index in [2.05, 4.69) is 22.6 Å². The highest BCUT2D eigenvalue weighted by Crippen LogP contribution is 2.49. The van der Waals surface area contributed by atoms with E-state index >= 15 is 0 Å². The molecule has 0 radical (unpaired) electrons. The van der Waals surface area contributed by atoms with Crippen LogP contribution in [-0.4, -0.2) is 79.1 Å². The second-order valence-corrected chi connectivity index (χ2v) is 12.2. The van der Waals surface area contributed by atoms with Gasteiger partial charge < -0.3 is 43.2 Å². The van der Waals surface area contributed by atoms with Crippen molar-refractivity contribution >= 4 is 37.2 Å². The van der Waals surface area contributed by atoms with Gasteiger partial charge in [-0.1, -0.05) is 19.3 Å². The first-order valence-electron chi connectivity index (χ1n) is 14.9. The molecule has 256 valence electrons. The molecule has 1 aliphatic heterocycles. The molecular weight excluding hydrogens is 627 g/mol. The number of hydrogen-bond donors (Lipinski definition) is 3. The maximum absolute atomic E-state index is 13.2. The number of unbranched alkanes of at least 4 members (excludes halogenated alkanes) is 2. The molecule has 15 nitrogen and oxygen atoms in total. The Morgan fingerprint density at radius 1 is 0.935 bits per heavy atom. The predicted octanol–water partition coefficient (Wildman–Crippen LogP) is 4.22. The van der Waals surface area contributed by atoms with E-state index in [0.29, 0.717) is 6.42 Å². The van der Waals surface area contributed by atoms with Gasteiger partial charge in [-0.25, -0.2) is 4.79 Å². The zero-order chi connectivity index (χ0) is 34.3. The average molecular weight is 671 g/mol. The van der Waals surface area contributed by atoms with Crippen LogP contribution in [0.3, 0.4) is 0 Å². The van der Waals surface area contributed by atoms with Crippen molar-refractivity contribution in [2.75, 3.05) is 24.7 Å². The summed E-state index contributed by atoms with van der Waals surface area (Å²) < 4.78 is 52.4. The van der Waals surface area contributed by atoms with Gasteiger partial charge in [0, 0.05) is 39.3 Å². The number of aromatic hydroxyl groups is 1. The van der Waals surface area contributed by atoms with Crippen LogP contribution in [-0.2, 0) is 46.9 Å². The lowest BCUT2D eigenvalue weighted by atomic mass is 9.96. The van der Waals surface area contributed by atoms with E-state index in [1.54, 1.807) is 13.8 Å². The van der Waals surface area contributed by atoms with Crippen LogP contribution < -0.4 is 15.4 Å². The maximum Gasteiger partial charge on any atom is 0.330 e. The molecule has 0 spiro atoms. The first kappa shape index (κ1) is 38.4. The van der Waals surface area contributed by atoms with Crippen molar-refractivity contribution in [2.45, 2.75) is 97.9 Å². The molecule has 5 atom stereocenters. The Bertz CT molecular complexity index is 1300. The second kappa shape index (κ2) is 19.0. The summed E-state index contributed by atoms with van der Waals surface area (Å²) in [6, 6.07) is 5.78. The SMILES string of the molecule is CCCCC#CNC(=O)Nc1ccc(O[C@H]2O[C@H](CCP(=O)(OCC)OCC)[C@@H](OC(C)=O)[C@H](OC(C)=O)[C@@H]2OC(C)=O)cc1O. The Morgan fingerprint density at radius 3 is 2.11 bits per heavy atom. The highest BCUT2D eigenvalue weighted by atomic mass is 31.2. The van der Waals surface area contributed by atoms with Crippen molar-refractivity contribution in [2.24, 2.45) is 0 Å². The number of nitrogens with one attached hydrogen (secondary N) is 2. The number of esters is 3. The highest BCUT2D eigenvalue weighted by Gasteiger charge is 2.53. The van der Waals surface area contributed by atoms with Gasteiger partial charge in [-0.2, -0.15) is 0 Å². The van der Waals surface area contributed by atoms with Gasteiger partial charge in [0.05, 0.1) is 25.1 Å². The summed E-state index contributed by atoms with van der Waals surface area (Å²) in [7, 11) is -3.59. The van der Waals surface area contributed by atoms with E-state index in [1.165, 1.54) is 18.2 Å². The molecule has 1 aromatic rings. The fraction of sp³-hybridized carbons (Fsp3) is 0.600. The molecule has 1 fully saturated rings. The third-order valence-corrected chi connectivity index (χ3v) is 8.33. The van der Waals surface area contributed by atoms with Crippen molar-refractivity contribution in [3.05, 3.63) is 18.2 Å². The summed E-state index contributed by atoms with van der Waals surface area (Å²) in [6.07, 6.45) is -4.52. The minimum absolute atomic E-state index is 0.00512.